The maximum absolute atomic E-state index is 12.7. The Morgan fingerprint density at radius 1 is 1.24 bits per heavy atom. The molecule has 4 rings (SSSR count). The Kier molecular flexibility index (Phi) is 5.14. The number of nitrogens with zero attached hydrogens (tertiary/aromatic N) is 1. The fraction of sp³-hybridized carbons (Fsp3) is 0.333. The molecule has 0 saturated carbocycles. The quantitative estimate of drug-likeness (QED) is 0.621. The summed E-state index contributed by atoms with van der Waals surface area (Å²) in [5, 5.41) is 0.903. The highest BCUT2D eigenvalue weighted by atomic mass is 16.5. The van der Waals surface area contributed by atoms with E-state index >= 15 is 0 Å². The van der Waals surface area contributed by atoms with Gasteiger partial charge in [-0.15, -0.1) is 0 Å². The van der Waals surface area contributed by atoms with Gasteiger partial charge in [-0.2, -0.15) is 0 Å². The summed E-state index contributed by atoms with van der Waals surface area (Å²) < 4.78 is 11.7. The number of aryl methyl sites for hydroxylation is 1. The fourth-order valence-corrected chi connectivity index (χ4v) is 4.08. The number of hydrogen-bond acceptors (Lipinski definition) is 4. The first-order valence-corrected chi connectivity index (χ1v) is 10.1. The van der Waals surface area contributed by atoms with E-state index in [0.717, 1.165) is 28.5 Å². The molecule has 2 heterocycles. The lowest BCUT2D eigenvalue weighted by molar-refractivity contribution is -0.128. The highest BCUT2D eigenvalue weighted by Gasteiger charge is 2.26. The van der Waals surface area contributed by atoms with Crippen molar-refractivity contribution in [1.29, 1.82) is 0 Å². The molecule has 5 nitrogen and oxygen atoms in total. The first-order chi connectivity index (χ1) is 14.0. The molecule has 1 saturated heterocycles. The zero-order chi connectivity index (χ0) is 20.5. The molecule has 29 heavy (non-hydrogen) atoms. The van der Waals surface area contributed by atoms with E-state index in [9.17, 15) is 9.59 Å². The number of ether oxygens (including phenoxy) is 1. The lowest BCUT2D eigenvalue weighted by atomic mass is 9.93. The summed E-state index contributed by atoms with van der Waals surface area (Å²) in [5.41, 5.74) is 4.00. The van der Waals surface area contributed by atoms with Crippen molar-refractivity contribution in [1.82, 2.24) is 4.90 Å². The summed E-state index contributed by atoms with van der Waals surface area (Å²) in [6.07, 6.45) is 1.35. The zero-order valence-corrected chi connectivity index (χ0v) is 17.0. The fourth-order valence-electron chi connectivity index (χ4n) is 4.08. The van der Waals surface area contributed by atoms with Crippen molar-refractivity contribution in [2.45, 2.75) is 39.7 Å². The second kappa shape index (κ2) is 7.74. The number of rotatable bonds is 4. The summed E-state index contributed by atoms with van der Waals surface area (Å²) in [6.45, 7) is 6.89. The van der Waals surface area contributed by atoms with Gasteiger partial charge in [0.1, 0.15) is 17.4 Å². The van der Waals surface area contributed by atoms with Crippen molar-refractivity contribution >= 4 is 16.9 Å². The molecule has 1 amide bonds. The molecule has 0 aliphatic carbocycles. The number of carbonyl (C=O) groups excluding carboxylic acids is 1. The molecule has 0 bridgehead atoms. The van der Waals surface area contributed by atoms with E-state index < -0.39 is 0 Å². The van der Waals surface area contributed by atoms with Crippen LogP contribution < -0.4 is 10.4 Å². The Bertz CT molecular complexity index is 1130. The maximum atomic E-state index is 12.7. The van der Waals surface area contributed by atoms with Crippen LogP contribution in [0.2, 0.25) is 0 Å². The second-order valence-electron chi connectivity index (χ2n) is 7.56. The molecule has 2 aromatic carbocycles. The Labute approximate surface area is 169 Å². The molecule has 1 fully saturated rings. The Hall–Kier alpha value is -3.08. The normalized spacial score (nSPS) is 16.4. The molecule has 150 valence electrons. The standard InChI is InChI=1S/C24H25NO4/c1-4-19-23(20-8-6-5-7-15(20)2)21-10-9-17(13-22(21)29-24(19)27)28-18-11-12-25(14-18)16(3)26/h5-10,13,18H,4,11-12,14H2,1-3H3/t18-/m1/s1. The predicted molar refractivity (Wildman–Crippen MR) is 113 cm³/mol. The third-order valence-corrected chi connectivity index (χ3v) is 5.63. The van der Waals surface area contributed by atoms with E-state index in [1.54, 1.807) is 17.9 Å². The van der Waals surface area contributed by atoms with Gasteiger partial charge in [0.05, 0.1) is 6.54 Å². The number of amides is 1. The third-order valence-electron chi connectivity index (χ3n) is 5.63. The Morgan fingerprint density at radius 2 is 2.03 bits per heavy atom. The van der Waals surface area contributed by atoms with Crippen molar-refractivity contribution in [3.8, 4) is 16.9 Å². The van der Waals surface area contributed by atoms with Crippen LogP contribution >= 0.6 is 0 Å². The molecule has 1 aliphatic heterocycles. The van der Waals surface area contributed by atoms with Crippen molar-refractivity contribution in [3.05, 3.63) is 64.0 Å². The van der Waals surface area contributed by atoms with Gasteiger partial charge < -0.3 is 14.1 Å². The molecule has 1 aliphatic rings. The van der Waals surface area contributed by atoms with Crippen LogP contribution in [0.5, 0.6) is 5.75 Å². The van der Waals surface area contributed by atoms with Gasteiger partial charge in [-0.25, -0.2) is 4.79 Å². The van der Waals surface area contributed by atoms with Gasteiger partial charge in [-0.1, -0.05) is 31.2 Å². The lowest BCUT2D eigenvalue weighted by Gasteiger charge is -2.17. The van der Waals surface area contributed by atoms with Crippen LogP contribution in [-0.2, 0) is 11.2 Å². The number of carbonyl (C=O) groups is 1. The van der Waals surface area contributed by atoms with Gasteiger partial charge in [0.15, 0.2) is 0 Å². The van der Waals surface area contributed by atoms with E-state index in [2.05, 4.69) is 0 Å². The Morgan fingerprint density at radius 3 is 2.72 bits per heavy atom. The van der Waals surface area contributed by atoms with Crippen LogP contribution in [0.4, 0.5) is 0 Å². The number of hydrogen-bond donors (Lipinski definition) is 0. The molecule has 0 unspecified atom stereocenters. The van der Waals surface area contributed by atoms with Crippen LogP contribution in [0.25, 0.3) is 22.1 Å². The molecule has 1 atom stereocenters. The number of benzene rings is 2. The van der Waals surface area contributed by atoms with Crippen LogP contribution in [0.1, 0.15) is 31.4 Å². The zero-order valence-electron chi connectivity index (χ0n) is 17.0. The molecule has 1 aromatic heterocycles. The number of likely N-dealkylation sites (tertiary alicyclic amines) is 1. The van der Waals surface area contributed by atoms with Crippen LogP contribution in [0, 0.1) is 6.92 Å². The van der Waals surface area contributed by atoms with Gasteiger partial charge in [-0.3, -0.25) is 4.79 Å². The minimum atomic E-state index is -0.306. The van der Waals surface area contributed by atoms with Crippen molar-refractivity contribution < 1.29 is 13.9 Å². The average molecular weight is 391 g/mol. The van der Waals surface area contributed by atoms with Gasteiger partial charge in [0.2, 0.25) is 5.91 Å². The van der Waals surface area contributed by atoms with Crippen molar-refractivity contribution in [2.75, 3.05) is 13.1 Å². The summed E-state index contributed by atoms with van der Waals surface area (Å²) in [6, 6.07) is 13.7. The van der Waals surface area contributed by atoms with Crippen molar-refractivity contribution in [3.63, 3.8) is 0 Å². The van der Waals surface area contributed by atoms with Crippen LogP contribution in [0.15, 0.2) is 51.7 Å². The van der Waals surface area contributed by atoms with Gasteiger partial charge in [0.25, 0.3) is 0 Å². The molecule has 0 spiro atoms. The Balaban J connectivity index is 1.76. The molecular weight excluding hydrogens is 366 g/mol. The minimum Gasteiger partial charge on any atom is -0.488 e. The molecule has 0 radical (unpaired) electrons. The lowest BCUT2D eigenvalue weighted by Crippen LogP contribution is -2.28. The molecule has 3 aromatic rings. The number of fused-ring (bicyclic) bond motifs is 1. The van der Waals surface area contributed by atoms with E-state index in [0.29, 0.717) is 36.4 Å². The summed E-state index contributed by atoms with van der Waals surface area (Å²) in [7, 11) is 0. The monoisotopic (exact) mass is 391 g/mol. The summed E-state index contributed by atoms with van der Waals surface area (Å²) in [4.78, 5) is 26.0. The van der Waals surface area contributed by atoms with Crippen LogP contribution in [-0.4, -0.2) is 30.0 Å². The van der Waals surface area contributed by atoms with Gasteiger partial charge in [0, 0.05) is 42.5 Å². The summed E-state index contributed by atoms with van der Waals surface area (Å²) in [5.74, 6) is 0.714. The largest absolute Gasteiger partial charge is 0.488 e. The molecule has 5 heteroatoms. The van der Waals surface area contributed by atoms with Crippen LogP contribution in [0.3, 0.4) is 0 Å². The van der Waals surface area contributed by atoms with E-state index in [4.69, 9.17) is 9.15 Å². The van der Waals surface area contributed by atoms with E-state index in [1.165, 1.54) is 0 Å². The predicted octanol–water partition coefficient (Wildman–Crippen LogP) is 4.33. The third kappa shape index (κ3) is 3.65. The minimum absolute atomic E-state index is 0.0474. The molecule has 0 N–H and O–H groups in total. The first kappa shape index (κ1) is 19.2. The van der Waals surface area contributed by atoms with Gasteiger partial charge in [-0.05, 0) is 36.6 Å². The highest BCUT2D eigenvalue weighted by Crippen LogP contribution is 2.34. The topological polar surface area (TPSA) is 59.8 Å². The smallest absolute Gasteiger partial charge is 0.340 e. The SMILES string of the molecule is CCc1c(-c2ccccc2C)c2ccc(O[C@@H]3CCN(C(C)=O)C3)cc2oc1=O. The summed E-state index contributed by atoms with van der Waals surface area (Å²) >= 11 is 0. The second-order valence-corrected chi connectivity index (χ2v) is 7.56. The average Bonchev–Trinajstić information content (AvgIpc) is 3.16. The maximum Gasteiger partial charge on any atom is 0.340 e. The van der Waals surface area contributed by atoms with E-state index in [1.807, 2.05) is 50.2 Å². The van der Waals surface area contributed by atoms with Gasteiger partial charge >= 0.3 is 5.63 Å². The highest BCUT2D eigenvalue weighted by molar-refractivity contribution is 5.96. The molecular formula is C24H25NO4. The first-order valence-electron chi connectivity index (χ1n) is 10.1. The van der Waals surface area contributed by atoms with Crippen molar-refractivity contribution in [2.24, 2.45) is 0 Å². The van der Waals surface area contributed by atoms with E-state index in [-0.39, 0.29) is 17.6 Å².